The summed E-state index contributed by atoms with van der Waals surface area (Å²) in [5.41, 5.74) is 0. The van der Waals surface area contributed by atoms with Crippen molar-refractivity contribution in [2.75, 3.05) is 11.6 Å². The topological polar surface area (TPSA) is 64.1 Å². The Balaban J connectivity index is 1.66. The normalized spacial score (nSPS) is 12.1. The van der Waals surface area contributed by atoms with Crippen molar-refractivity contribution in [3.63, 3.8) is 0 Å². The summed E-state index contributed by atoms with van der Waals surface area (Å²) < 4.78 is 6.54. The second kappa shape index (κ2) is 6.97. The summed E-state index contributed by atoms with van der Waals surface area (Å²) in [7, 11) is 0. The molecule has 3 aromatic rings. The number of carbonyl (C=O) groups is 1. The van der Waals surface area contributed by atoms with Gasteiger partial charge in [0.05, 0.1) is 0 Å². The van der Waals surface area contributed by atoms with Crippen molar-refractivity contribution in [1.82, 2.24) is 10.2 Å². The third-order valence-electron chi connectivity index (χ3n) is 3.21. The van der Waals surface area contributed by atoms with Crippen LogP contribution in [0.2, 0.25) is 0 Å². The lowest BCUT2D eigenvalue weighted by molar-refractivity contribution is -0.122. The van der Waals surface area contributed by atoms with Crippen molar-refractivity contribution in [2.24, 2.45) is 0 Å². The first-order chi connectivity index (χ1) is 11.2. The quantitative estimate of drug-likeness (QED) is 0.562. The number of fused-ring (bicyclic) bond motifs is 1. The van der Waals surface area contributed by atoms with Gasteiger partial charge in [0.1, 0.15) is 5.75 Å². The number of ether oxygens (including phenoxy) is 1. The molecule has 5 nitrogen and oxygen atoms in total. The largest absolute Gasteiger partial charge is 0.481 e. The maximum Gasteiger partial charge on any atom is 0.266 e. The number of nitrogens with zero attached hydrogens (tertiary/aromatic N) is 2. The molecule has 0 unspecified atom stereocenters. The van der Waals surface area contributed by atoms with E-state index in [4.69, 9.17) is 4.74 Å². The summed E-state index contributed by atoms with van der Waals surface area (Å²) in [6.07, 6.45) is 1.29. The molecule has 7 heteroatoms. The summed E-state index contributed by atoms with van der Waals surface area (Å²) in [6, 6.07) is 13.8. The predicted molar refractivity (Wildman–Crippen MR) is 94.4 cm³/mol. The highest BCUT2D eigenvalue weighted by Crippen LogP contribution is 2.24. The monoisotopic (exact) mass is 345 g/mol. The maximum absolute atomic E-state index is 12.2. The molecule has 0 radical (unpaired) electrons. The minimum absolute atomic E-state index is 0.248. The maximum atomic E-state index is 12.2. The molecule has 118 valence electrons. The number of carbonyl (C=O) groups excluding carboxylic acids is 1. The number of benzene rings is 2. The highest BCUT2D eigenvalue weighted by molar-refractivity contribution is 8.00. The average molecular weight is 345 g/mol. The molecule has 1 aromatic heterocycles. The van der Waals surface area contributed by atoms with Gasteiger partial charge in [-0.15, -0.1) is 10.2 Å². The van der Waals surface area contributed by atoms with E-state index in [9.17, 15) is 4.79 Å². The van der Waals surface area contributed by atoms with Gasteiger partial charge in [-0.3, -0.25) is 10.1 Å². The molecule has 1 heterocycles. The van der Waals surface area contributed by atoms with Crippen LogP contribution in [0.5, 0.6) is 5.75 Å². The molecule has 0 aliphatic rings. The Hall–Kier alpha value is -2.12. The van der Waals surface area contributed by atoms with Crippen LogP contribution in [0.25, 0.3) is 10.8 Å². The van der Waals surface area contributed by atoms with Crippen molar-refractivity contribution in [3.8, 4) is 5.75 Å². The molecule has 23 heavy (non-hydrogen) atoms. The van der Waals surface area contributed by atoms with Gasteiger partial charge in [0.25, 0.3) is 5.91 Å². The lowest BCUT2D eigenvalue weighted by Crippen LogP contribution is -2.30. The minimum atomic E-state index is -0.627. The van der Waals surface area contributed by atoms with E-state index in [0.29, 0.717) is 10.9 Å². The van der Waals surface area contributed by atoms with E-state index in [-0.39, 0.29) is 5.91 Å². The fraction of sp³-hybridized carbons (Fsp3) is 0.188. The highest BCUT2D eigenvalue weighted by atomic mass is 32.2. The van der Waals surface area contributed by atoms with Crippen LogP contribution in [0, 0.1) is 0 Å². The van der Waals surface area contributed by atoms with E-state index < -0.39 is 6.10 Å². The number of hydrogen-bond donors (Lipinski definition) is 1. The number of hydrogen-bond acceptors (Lipinski definition) is 6. The van der Waals surface area contributed by atoms with E-state index in [1.807, 2.05) is 48.7 Å². The molecule has 0 bridgehead atoms. The van der Waals surface area contributed by atoms with Gasteiger partial charge in [-0.1, -0.05) is 53.4 Å². The molecule has 1 N–H and O–H groups in total. The summed E-state index contributed by atoms with van der Waals surface area (Å²) in [4.78, 5) is 12.2. The smallest absolute Gasteiger partial charge is 0.266 e. The Morgan fingerprint density at radius 1 is 1.22 bits per heavy atom. The standard InChI is InChI=1S/C16H15N3O2S2/c1-10(14(20)17-15-18-19-16(22-2)23-15)21-13-8-7-11-5-3-4-6-12(11)9-13/h3-10H,1-2H3,(H,17,18,20)/t10-/m0/s1. The van der Waals surface area contributed by atoms with Crippen LogP contribution in [0.1, 0.15) is 6.92 Å². The fourth-order valence-corrected chi connectivity index (χ4v) is 3.22. The summed E-state index contributed by atoms with van der Waals surface area (Å²) in [6.45, 7) is 1.71. The van der Waals surface area contributed by atoms with Crippen LogP contribution in [0.3, 0.4) is 0 Å². The first-order valence-electron chi connectivity index (χ1n) is 6.99. The molecule has 0 saturated heterocycles. The predicted octanol–water partition coefficient (Wildman–Crippen LogP) is 3.82. The second-order valence-corrected chi connectivity index (χ2v) is 6.87. The Labute approximate surface area is 142 Å². The minimum Gasteiger partial charge on any atom is -0.481 e. The average Bonchev–Trinajstić information content (AvgIpc) is 3.02. The zero-order chi connectivity index (χ0) is 16.2. The zero-order valence-corrected chi connectivity index (χ0v) is 14.3. The summed E-state index contributed by atoms with van der Waals surface area (Å²) in [5.74, 6) is 0.412. The van der Waals surface area contributed by atoms with Gasteiger partial charge in [-0.2, -0.15) is 0 Å². The number of aromatic nitrogens is 2. The SMILES string of the molecule is CSc1nnc(NC(=O)[C@H](C)Oc2ccc3ccccc3c2)s1. The number of rotatable bonds is 5. The van der Waals surface area contributed by atoms with Gasteiger partial charge >= 0.3 is 0 Å². The van der Waals surface area contributed by atoms with E-state index in [0.717, 1.165) is 15.1 Å². The van der Waals surface area contributed by atoms with Crippen molar-refractivity contribution in [2.45, 2.75) is 17.4 Å². The fourth-order valence-electron chi connectivity index (χ4n) is 2.05. The van der Waals surface area contributed by atoms with Gasteiger partial charge in [-0.25, -0.2) is 0 Å². The molecule has 1 amide bonds. The first kappa shape index (κ1) is 15.8. The van der Waals surface area contributed by atoms with Gasteiger partial charge < -0.3 is 4.74 Å². The number of amides is 1. The van der Waals surface area contributed by atoms with Gasteiger partial charge in [0.2, 0.25) is 5.13 Å². The lowest BCUT2D eigenvalue weighted by atomic mass is 10.1. The molecule has 0 aliphatic carbocycles. The van der Waals surface area contributed by atoms with Crippen LogP contribution in [0.4, 0.5) is 5.13 Å². The van der Waals surface area contributed by atoms with Crippen LogP contribution in [-0.2, 0) is 4.79 Å². The van der Waals surface area contributed by atoms with Gasteiger partial charge in [0.15, 0.2) is 10.4 Å². The van der Waals surface area contributed by atoms with E-state index in [2.05, 4.69) is 15.5 Å². The molecular formula is C16H15N3O2S2. The highest BCUT2D eigenvalue weighted by Gasteiger charge is 2.17. The van der Waals surface area contributed by atoms with Crippen molar-refractivity contribution < 1.29 is 9.53 Å². The van der Waals surface area contributed by atoms with Crippen molar-refractivity contribution in [1.29, 1.82) is 0 Å². The third kappa shape index (κ3) is 3.80. The van der Waals surface area contributed by atoms with Gasteiger partial charge in [0, 0.05) is 0 Å². The van der Waals surface area contributed by atoms with E-state index in [1.54, 1.807) is 6.92 Å². The molecule has 3 rings (SSSR count). The molecule has 0 fully saturated rings. The number of nitrogens with one attached hydrogen (secondary N) is 1. The van der Waals surface area contributed by atoms with Gasteiger partial charge in [-0.05, 0) is 36.1 Å². The van der Waals surface area contributed by atoms with Crippen LogP contribution >= 0.6 is 23.1 Å². The van der Waals surface area contributed by atoms with Crippen LogP contribution in [-0.4, -0.2) is 28.5 Å². The molecule has 0 spiro atoms. The Kier molecular flexibility index (Phi) is 4.78. The summed E-state index contributed by atoms with van der Waals surface area (Å²) >= 11 is 2.83. The van der Waals surface area contributed by atoms with Crippen LogP contribution in [0.15, 0.2) is 46.8 Å². The molecule has 1 atom stereocenters. The van der Waals surface area contributed by atoms with Crippen LogP contribution < -0.4 is 10.1 Å². The van der Waals surface area contributed by atoms with Crippen molar-refractivity contribution >= 4 is 44.9 Å². The Bertz CT molecular complexity index is 835. The number of thioether (sulfide) groups is 1. The van der Waals surface area contributed by atoms with E-state index >= 15 is 0 Å². The molecule has 2 aromatic carbocycles. The Morgan fingerprint density at radius 3 is 2.74 bits per heavy atom. The number of anilines is 1. The molecular weight excluding hydrogens is 330 g/mol. The summed E-state index contributed by atoms with van der Waals surface area (Å²) in [5, 5.41) is 13.3. The van der Waals surface area contributed by atoms with Crippen molar-refractivity contribution in [3.05, 3.63) is 42.5 Å². The third-order valence-corrected chi connectivity index (χ3v) is 5.03. The molecule has 0 aliphatic heterocycles. The first-order valence-corrected chi connectivity index (χ1v) is 9.03. The lowest BCUT2D eigenvalue weighted by Gasteiger charge is -2.14. The molecule has 0 saturated carbocycles. The van der Waals surface area contributed by atoms with E-state index in [1.165, 1.54) is 23.1 Å². The Morgan fingerprint density at radius 2 is 2.00 bits per heavy atom. The second-order valence-electron chi connectivity index (χ2n) is 4.84. The zero-order valence-electron chi connectivity index (χ0n) is 12.6.